The van der Waals surface area contributed by atoms with Crippen LogP contribution < -0.4 is 9.64 Å². The van der Waals surface area contributed by atoms with Crippen molar-refractivity contribution in [3.63, 3.8) is 0 Å². The van der Waals surface area contributed by atoms with Crippen molar-refractivity contribution in [2.24, 2.45) is 0 Å². The minimum atomic E-state index is -3.80. The van der Waals surface area contributed by atoms with Crippen molar-refractivity contribution in [2.75, 3.05) is 18.2 Å². The van der Waals surface area contributed by atoms with Crippen LogP contribution in [0.1, 0.15) is 10.4 Å². The number of sulfone groups is 1. The first-order valence-electron chi connectivity index (χ1n) is 8.76. The molecular weight excluding hydrogens is 408 g/mol. The Balaban J connectivity index is 1.83. The summed E-state index contributed by atoms with van der Waals surface area (Å²) in [5.74, 6) is 0.738. The summed E-state index contributed by atoms with van der Waals surface area (Å²) in [5, 5.41) is 11.3. The van der Waals surface area contributed by atoms with E-state index in [1.54, 1.807) is 24.3 Å². The second-order valence-corrected chi connectivity index (χ2v) is 8.47. The van der Waals surface area contributed by atoms with E-state index in [2.05, 4.69) is 0 Å². The summed E-state index contributed by atoms with van der Waals surface area (Å²) in [7, 11) is -2.28. The van der Waals surface area contributed by atoms with Crippen molar-refractivity contribution >= 4 is 27.1 Å². The first kappa shape index (κ1) is 21.0. The van der Waals surface area contributed by atoms with Crippen molar-refractivity contribution in [3.05, 3.63) is 88.5 Å². The van der Waals surface area contributed by atoms with Crippen LogP contribution in [0.25, 0.3) is 0 Å². The summed E-state index contributed by atoms with van der Waals surface area (Å²) < 4.78 is 29.2. The van der Waals surface area contributed by atoms with Gasteiger partial charge in [-0.2, -0.15) is 0 Å². The van der Waals surface area contributed by atoms with E-state index in [-0.39, 0.29) is 5.56 Å². The second kappa shape index (κ2) is 8.34. The van der Waals surface area contributed by atoms with Crippen LogP contribution in [0.2, 0.25) is 0 Å². The number of benzene rings is 3. The highest BCUT2D eigenvalue weighted by molar-refractivity contribution is 7.90. The van der Waals surface area contributed by atoms with Gasteiger partial charge in [-0.05, 0) is 48.5 Å². The minimum absolute atomic E-state index is 0.00112. The fourth-order valence-corrected chi connectivity index (χ4v) is 3.61. The van der Waals surface area contributed by atoms with Gasteiger partial charge in [0, 0.05) is 30.6 Å². The van der Waals surface area contributed by atoms with E-state index in [4.69, 9.17) is 4.74 Å². The standard InChI is InChI=1S/C21H18N2O6S/c1-22(16-9-11-18(12-10-16)29-17-6-4-3-5-7-17)21(24)15-8-13-20(30(2,27)28)19(14-15)23(25)26/h3-14H,1-2H3. The molecule has 0 atom stereocenters. The van der Waals surface area contributed by atoms with Gasteiger partial charge in [0.2, 0.25) is 0 Å². The summed E-state index contributed by atoms with van der Waals surface area (Å²) in [6.45, 7) is 0. The third-order valence-electron chi connectivity index (χ3n) is 4.31. The molecule has 0 aliphatic heterocycles. The summed E-state index contributed by atoms with van der Waals surface area (Å²) in [6, 6.07) is 19.3. The fraction of sp³-hybridized carbons (Fsp3) is 0.0952. The molecule has 0 heterocycles. The van der Waals surface area contributed by atoms with Gasteiger partial charge >= 0.3 is 0 Å². The zero-order valence-corrected chi connectivity index (χ0v) is 17.0. The number of amides is 1. The normalized spacial score (nSPS) is 11.0. The van der Waals surface area contributed by atoms with Crippen LogP contribution in [0.15, 0.2) is 77.7 Å². The molecule has 3 rings (SSSR count). The van der Waals surface area contributed by atoms with Crippen LogP contribution in [0.5, 0.6) is 11.5 Å². The van der Waals surface area contributed by atoms with Crippen LogP contribution in [0, 0.1) is 10.1 Å². The van der Waals surface area contributed by atoms with Crippen molar-refractivity contribution in [1.82, 2.24) is 0 Å². The van der Waals surface area contributed by atoms with Gasteiger partial charge in [-0.25, -0.2) is 8.42 Å². The summed E-state index contributed by atoms with van der Waals surface area (Å²) in [5.41, 5.74) is -0.0974. The molecule has 3 aromatic carbocycles. The summed E-state index contributed by atoms with van der Waals surface area (Å²) in [6.07, 6.45) is 0.877. The van der Waals surface area contributed by atoms with Gasteiger partial charge in [0.1, 0.15) is 16.4 Å². The van der Waals surface area contributed by atoms with Crippen LogP contribution in [-0.4, -0.2) is 32.6 Å². The maximum absolute atomic E-state index is 12.8. The Morgan fingerprint density at radius 2 is 1.57 bits per heavy atom. The molecule has 1 amide bonds. The number of nitro groups is 1. The molecule has 0 unspecified atom stereocenters. The average molecular weight is 426 g/mol. The molecule has 0 aliphatic carbocycles. The number of ether oxygens (including phenoxy) is 1. The Labute approximate surface area is 173 Å². The van der Waals surface area contributed by atoms with Gasteiger partial charge in [-0.1, -0.05) is 18.2 Å². The average Bonchev–Trinajstić information content (AvgIpc) is 2.73. The summed E-state index contributed by atoms with van der Waals surface area (Å²) in [4.78, 5) is 24.1. The molecule has 0 radical (unpaired) electrons. The summed E-state index contributed by atoms with van der Waals surface area (Å²) >= 11 is 0. The van der Waals surface area contributed by atoms with Crippen LogP contribution in [0.3, 0.4) is 0 Å². The van der Waals surface area contributed by atoms with E-state index in [0.717, 1.165) is 18.4 Å². The van der Waals surface area contributed by atoms with Crippen molar-refractivity contribution in [1.29, 1.82) is 0 Å². The van der Waals surface area contributed by atoms with Gasteiger partial charge in [0.05, 0.1) is 4.92 Å². The van der Waals surface area contributed by atoms with E-state index >= 15 is 0 Å². The predicted molar refractivity (Wildman–Crippen MR) is 112 cm³/mol. The number of carbonyl (C=O) groups is 1. The van der Waals surface area contributed by atoms with Gasteiger partial charge in [0.25, 0.3) is 11.6 Å². The van der Waals surface area contributed by atoms with Gasteiger partial charge in [-0.15, -0.1) is 0 Å². The fourth-order valence-electron chi connectivity index (χ4n) is 2.78. The molecule has 30 heavy (non-hydrogen) atoms. The molecule has 0 aliphatic rings. The maximum Gasteiger partial charge on any atom is 0.288 e. The smallest absolute Gasteiger partial charge is 0.288 e. The predicted octanol–water partition coefficient (Wildman–Crippen LogP) is 4.07. The molecule has 0 saturated heterocycles. The van der Waals surface area contributed by atoms with Gasteiger partial charge < -0.3 is 9.64 Å². The highest BCUT2D eigenvalue weighted by Crippen LogP contribution is 2.28. The number of hydrogen-bond acceptors (Lipinski definition) is 6. The number of nitrogens with zero attached hydrogens (tertiary/aromatic N) is 2. The number of nitro benzene ring substituents is 1. The van der Waals surface area contributed by atoms with E-state index in [0.29, 0.717) is 17.2 Å². The molecule has 3 aromatic rings. The highest BCUT2D eigenvalue weighted by atomic mass is 32.2. The van der Waals surface area contributed by atoms with Crippen LogP contribution in [-0.2, 0) is 9.84 Å². The molecular formula is C21H18N2O6S. The number of anilines is 1. The minimum Gasteiger partial charge on any atom is -0.457 e. The number of rotatable bonds is 6. The largest absolute Gasteiger partial charge is 0.457 e. The lowest BCUT2D eigenvalue weighted by molar-refractivity contribution is -0.387. The highest BCUT2D eigenvalue weighted by Gasteiger charge is 2.25. The molecule has 0 bridgehead atoms. The molecule has 0 aromatic heterocycles. The number of hydrogen-bond donors (Lipinski definition) is 0. The molecule has 154 valence electrons. The Bertz CT molecular complexity index is 1190. The first-order chi connectivity index (χ1) is 14.2. The van der Waals surface area contributed by atoms with Gasteiger partial charge in [0.15, 0.2) is 9.84 Å². The molecule has 0 N–H and O–H groups in total. The third-order valence-corrected chi connectivity index (χ3v) is 5.45. The Morgan fingerprint density at radius 3 is 2.13 bits per heavy atom. The molecule has 0 saturated carbocycles. The number of para-hydroxylation sites is 1. The molecule has 8 nitrogen and oxygen atoms in total. The van der Waals surface area contributed by atoms with Crippen molar-refractivity contribution in [2.45, 2.75) is 4.90 Å². The maximum atomic E-state index is 12.8. The zero-order valence-electron chi connectivity index (χ0n) is 16.2. The lowest BCUT2D eigenvalue weighted by atomic mass is 10.1. The molecule has 9 heteroatoms. The molecule has 0 spiro atoms. The quantitative estimate of drug-likeness (QED) is 0.434. The van der Waals surface area contributed by atoms with Crippen molar-refractivity contribution < 1.29 is 22.9 Å². The monoisotopic (exact) mass is 426 g/mol. The zero-order chi connectivity index (χ0) is 21.9. The SMILES string of the molecule is CN(C(=O)c1ccc(S(C)(=O)=O)c([N+](=O)[O-])c1)c1ccc(Oc2ccccc2)cc1. The van der Waals surface area contributed by atoms with Crippen molar-refractivity contribution in [3.8, 4) is 11.5 Å². The number of carbonyl (C=O) groups excluding carboxylic acids is 1. The third kappa shape index (κ3) is 4.64. The first-order valence-corrected chi connectivity index (χ1v) is 10.7. The van der Waals surface area contributed by atoms with E-state index in [1.807, 2.05) is 30.3 Å². The van der Waals surface area contributed by atoms with E-state index < -0.39 is 31.3 Å². The van der Waals surface area contributed by atoms with E-state index in [9.17, 15) is 23.3 Å². The second-order valence-electron chi connectivity index (χ2n) is 6.48. The Morgan fingerprint density at radius 1 is 0.967 bits per heavy atom. The lowest BCUT2D eigenvalue weighted by Crippen LogP contribution is -2.26. The Hall–Kier alpha value is -3.72. The van der Waals surface area contributed by atoms with Crippen LogP contribution >= 0.6 is 0 Å². The Kier molecular flexibility index (Phi) is 5.84. The van der Waals surface area contributed by atoms with Gasteiger partial charge in [-0.3, -0.25) is 14.9 Å². The van der Waals surface area contributed by atoms with Crippen LogP contribution in [0.4, 0.5) is 11.4 Å². The van der Waals surface area contributed by atoms with E-state index in [1.165, 1.54) is 18.0 Å². The molecule has 0 fully saturated rings. The lowest BCUT2D eigenvalue weighted by Gasteiger charge is -2.18. The topological polar surface area (TPSA) is 107 Å².